The number of rotatable bonds is 4. The van der Waals surface area contributed by atoms with E-state index in [0.717, 1.165) is 0 Å². The van der Waals surface area contributed by atoms with Gasteiger partial charge in [0.05, 0.1) is 12.2 Å². The van der Waals surface area contributed by atoms with Crippen molar-refractivity contribution < 1.29 is 14.3 Å². The van der Waals surface area contributed by atoms with Gasteiger partial charge < -0.3 is 20.5 Å². The van der Waals surface area contributed by atoms with Gasteiger partial charge in [0, 0.05) is 0 Å². The molecule has 3 N–H and O–H groups in total. The lowest BCUT2D eigenvalue weighted by Gasteiger charge is -2.19. The first-order valence-electron chi connectivity index (χ1n) is 6.22. The van der Waals surface area contributed by atoms with Crippen molar-refractivity contribution in [2.45, 2.75) is 26.4 Å². The first-order chi connectivity index (χ1) is 9.33. The van der Waals surface area contributed by atoms with Crippen molar-refractivity contribution in [2.24, 2.45) is 0 Å². The normalized spacial score (nSPS) is 10.5. The second-order valence-electron chi connectivity index (χ2n) is 5.11. The Morgan fingerprint density at radius 2 is 2.15 bits per heavy atom. The van der Waals surface area contributed by atoms with Crippen molar-refractivity contribution in [1.82, 2.24) is 5.32 Å². The number of nitriles is 1. The van der Waals surface area contributed by atoms with Gasteiger partial charge in [-0.05, 0) is 32.9 Å². The molecular formula is C14H19N3O3. The molecular weight excluding hydrogens is 258 g/mol. The molecule has 0 radical (unpaired) electrons. The third-order valence-corrected chi connectivity index (χ3v) is 2.20. The lowest BCUT2D eigenvalue weighted by Crippen LogP contribution is -2.34. The highest BCUT2D eigenvalue weighted by Gasteiger charge is 2.15. The van der Waals surface area contributed by atoms with E-state index in [-0.39, 0.29) is 13.2 Å². The number of nitrogens with zero attached hydrogens (tertiary/aromatic N) is 1. The maximum atomic E-state index is 11.4. The van der Waals surface area contributed by atoms with Gasteiger partial charge in [-0.2, -0.15) is 5.26 Å². The minimum absolute atomic E-state index is 0.220. The second-order valence-corrected chi connectivity index (χ2v) is 5.11. The van der Waals surface area contributed by atoms with Crippen molar-refractivity contribution >= 4 is 11.8 Å². The van der Waals surface area contributed by atoms with Crippen LogP contribution >= 0.6 is 0 Å². The summed E-state index contributed by atoms with van der Waals surface area (Å²) in [5.41, 5.74) is 5.79. The second kappa shape index (κ2) is 6.66. The molecule has 0 aliphatic rings. The van der Waals surface area contributed by atoms with Gasteiger partial charge in [0.15, 0.2) is 0 Å². The summed E-state index contributed by atoms with van der Waals surface area (Å²) in [6.45, 7) is 5.85. The summed E-state index contributed by atoms with van der Waals surface area (Å²) in [5.74, 6) is 0.401. The van der Waals surface area contributed by atoms with E-state index in [2.05, 4.69) is 5.32 Å². The molecule has 6 nitrogen and oxygen atoms in total. The van der Waals surface area contributed by atoms with Crippen molar-refractivity contribution in [3.63, 3.8) is 0 Å². The zero-order valence-corrected chi connectivity index (χ0v) is 11.9. The number of alkyl carbamates (subject to hydrolysis) is 1. The number of hydrogen-bond donors (Lipinski definition) is 2. The van der Waals surface area contributed by atoms with Gasteiger partial charge in [-0.15, -0.1) is 0 Å². The van der Waals surface area contributed by atoms with E-state index in [9.17, 15) is 4.79 Å². The fraction of sp³-hybridized carbons (Fsp3) is 0.429. The summed E-state index contributed by atoms with van der Waals surface area (Å²) in [6.07, 6.45) is -0.505. The number of carbonyl (C=O) groups excluding carboxylic acids is 1. The maximum Gasteiger partial charge on any atom is 0.407 e. The highest BCUT2D eigenvalue weighted by atomic mass is 16.6. The molecule has 0 saturated carbocycles. The molecule has 0 aliphatic heterocycles. The van der Waals surface area contributed by atoms with Gasteiger partial charge in [-0.1, -0.05) is 6.07 Å². The first-order valence-corrected chi connectivity index (χ1v) is 6.22. The lowest BCUT2D eigenvalue weighted by molar-refractivity contribution is 0.0520. The van der Waals surface area contributed by atoms with Crippen LogP contribution in [-0.4, -0.2) is 24.8 Å². The summed E-state index contributed by atoms with van der Waals surface area (Å²) >= 11 is 0. The number of ether oxygens (including phenoxy) is 2. The Kier molecular flexibility index (Phi) is 5.21. The molecule has 0 bridgehead atoms. The van der Waals surface area contributed by atoms with E-state index < -0.39 is 11.7 Å². The van der Waals surface area contributed by atoms with Crippen LogP contribution in [0.5, 0.6) is 5.75 Å². The predicted molar refractivity (Wildman–Crippen MR) is 75.3 cm³/mol. The van der Waals surface area contributed by atoms with Gasteiger partial charge in [0.2, 0.25) is 0 Å². The number of nitrogens with two attached hydrogens (primary N) is 1. The molecule has 0 unspecified atom stereocenters. The summed E-state index contributed by atoms with van der Waals surface area (Å²) in [6, 6.07) is 6.97. The summed E-state index contributed by atoms with van der Waals surface area (Å²) in [7, 11) is 0. The quantitative estimate of drug-likeness (QED) is 0.648. The zero-order valence-electron chi connectivity index (χ0n) is 11.9. The largest absolute Gasteiger partial charge is 0.490 e. The molecule has 1 aromatic carbocycles. The number of benzene rings is 1. The summed E-state index contributed by atoms with van der Waals surface area (Å²) in [5, 5.41) is 11.5. The van der Waals surface area contributed by atoms with Crippen LogP contribution in [0.1, 0.15) is 26.3 Å². The Bertz CT molecular complexity index is 515. The molecule has 0 aliphatic carbocycles. The van der Waals surface area contributed by atoms with E-state index in [1.165, 1.54) is 0 Å². The zero-order chi connectivity index (χ0) is 15.2. The van der Waals surface area contributed by atoms with Crippen LogP contribution in [0, 0.1) is 11.3 Å². The van der Waals surface area contributed by atoms with E-state index in [4.69, 9.17) is 20.5 Å². The molecule has 0 fully saturated rings. The van der Waals surface area contributed by atoms with Crippen LogP contribution in [0.15, 0.2) is 18.2 Å². The molecule has 0 spiro atoms. The Hall–Kier alpha value is -2.42. The molecule has 108 valence electrons. The van der Waals surface area contributed by atoms with Crippen molar-refractivity contribution in [1.29, 1.82) is 5.26 Å². The number of amides is 1. The number of anilines is 1. The third-order valence-electron chi connectivity index (χ3n) is 2.20. The summed E-state index contributed by atoms with van der Waals surface area (Å²) < 4.78 is 10.5. The van der Waals surface area contributed by atoms with Crippen LogP contribution in [0.4, 0.5) is 10.5 Å². The van der Waals surface area contributed by atoms with Gasteiger partial charge in [0.1, 0.15) is 29.6 Å². The van der Waals surface area contributed by atoms with Crippen LogP contribution < -0.4 is 15.8 Å². The number of nitrogens with one attached hydrogen (secondary N) is 1. The summed E-state index contributed by atoms with van der Waals surface area (Å²) in [4.78, 5) is 11.4. The average Bonchev–Trinajstić information content (AvgIpc) is 2.32. The van der Waals surface area contributed by atoms with Gasteiger partial charge in [-0.25, -0.2) is 4.79 Å². The van der Waals surface area contributed by atoms with Crippen molar-refractivity contribution in [3.8, 4) is 11.8 Å². The number of carbonyl (C=O) groups is 1. The van der Waals surface area contributed by atoms with E-state index in [0.29, 0.717) is 17.0 Å². The van der Waals surface area contributed by atoms with Crippen LogP contribution in [0.3, 0.4) is 0 Å². The van der Waals surface area contributed by atoms with Crippen LogP contribution in [0.25, 0.3) is 0 Å². The molecule has 0 saturated heterocycles. The topological polar surface area (TPSA) is 97.4 Å². The first kappa shape index (κ1) is 15.6. The van der Waals surface area contributed by atoms with Crippen molar-refractivity contribution in [2.75, 3.05) is 18.9 Å². The van der Waals surface area contributed by atoms with E-state index in [1.807, 2.05) is 6.07 Å². The minimum atomic E-state index is -0.535. The smallest absolute Gasteiger partial charge is 0.407 e. The van der Waals surface area contributed by atoms with Crippen LogP contribution in [-0.2, 0) is 4.74 Å². The molecule has 1 amide bonds. The Morgan fingerprint density at radius 3 is 2.75 bits per heavy atom. The van der Waals surface area contributed by atoms with E-state index in [1.54, 1.807) is 39.0 Å². The Balaban J connectivity index is 2.41. The fourth-order valence-electron chi connectivity index (χ4n) is 1.42. The molecule has 0 atom stereocenters. The Morgan fingerprint density at radius 1 is 1.45 bits per heavy atom. The molecule has 20 heavy (non-hydrogen) atoms. The number of hydrogen-bond acceptors (Lipinski definition) is 5. The maximum absolute atomic E-state index is 11.4. The average molecular weight is 277 g/mol. The third kappa shape index (κ3) is 5.06. The van der Waals surface area contributed by atoms with Gasteiger partial charge >= 0.3 is 6.09 Å². The van der Waals surface area contributed by atoms with Gasteiger partial charge in [-0.3, -0.25) is 0 Å². The molecule has 0 heterocycles. The highest BCUT2D eigenvalue weighted by molar-refractivity contribution is 5.67. The van der Waals surface area contributed by atoms with Crippen molar-refractivity contribution in [3.05, 3.63) is 23.8 Å². The van der Waals surface area contributed by atoms with E-state index >= 15 is 0 Å². The van der Waals surface area contributed by atoms with Crippen LogP contribution in [0.2, 0.25) is 0 Å². The monoisotopic (exact) mass is 277 g/mol. The highest BCUT2D eigenvalue weighted by Crippen LogP contribution is 2.22. The predicted octanol–water partition coefficient (Wildman–Crippen LogP) is 2.04. The SMILES string of the molecule is CC(C)(C)OC(=O)NCCOc1cccc(N)c1C#N. The molecule has 0 aromatic heterocycles. The lowest BCUT2D eigenvalue weighted by atomic mass is 10.2. The minimum Gasteiger partial charge on any atom is -0.490 e. The fourth-order valence-corrected chi connectivity index (χ4v) is 1.42. The number of nitrogen functional groups attached to an aromatic ring is 1. The van der Waals surface area contributed by atoms with Gasteiger partial charge in [0.25, 0.3) is 0 Å². The molecule has 1 aromatic rings. The molecule has 6 heteroatoms. The molecule has 1 rings (SSSR count). The standard InChI is InChI=1S/C14H19N3O3/c1-14(2,3)20-13(18)17-7-8-19-12-6-4-5-11(16)10(12)9-15/h4-6H,7-8,16H2,1-3H3,(H,17,18). The Labute approximate surface area is 118 Å².